The lowest BCUT2D eigenvalue weighted by molar-refractivity contribution is 0.0767. The van der Waals surface area contributed by atoms with Gasteiger partial charge in [-0.1, -0.05) is 43.6 Å². The van der Waals surface area contributed by atoms with E-state index in [1.165, 1.54) is 0 Å². The monoisotopic (exact) mass is 488 g/mol. The minimum Gasteiger partial charge on any atom is -0.354 e. The Morgan fingerprint density at radius 1 is 1.00 bits per heavy atom. The molecule has 4 aromatic rings. The summed E-state index contributed by atoms with van der Waals surface area (Å²) in [6, 6.07) is 17.2. The molecule has 1 saturated heterocycles. The van der Waals surface area contributed by atoms with Crippen LogP contribution in [0.5, 0.6) is 0 Å². The van der Waals surface area contributed by atoms with Crippen molar-refractivity contribution >= 4 is 34.4 Å². The van der Waals surface area contributed by atoms with Gasteiger partial charge in [0.05, 0.1) is 17.3 Å². The van der Waals surface area contributed by atoms with Crippen LogP contribution in [0.25, 0.3) is 16.7 Å². The minimum absolute atomic E-state index is 0.0357. The summed E-state index contributed by atoms with van der Waals surface area (Å²) < 4.78 is 1.89. The predicted molar refractivity (Wildman–Crippen MR) is 140 cm³/mol. The zero-order valence-electron chi connectivity index (χ0n) is 20.1. The molecule has 2 aromatic heterocycles. The van der Waals surface area contributed by atoms with Crippen molar-refractivity contribution in [2.24, 2.45) is 0 Å². The standard InChI is InChI=1S/C27H29ClN6O/c1-3-19(2)24-30-25(23-18-29-34(26(23)31-24)22-8-5-4-6-9-22)32-14-7-15-33(17-16-32)27(35)20-10-12-21(28)13-11-20/h4-6,8-13,18-19H,3,7,14-17H2,1-2H3. The van der Waals surface area contributed by atoms with Crippen LogP contribution in [0, 0.1) is 0 Å². The van der Waals surface area contributed by atoms with Gasteiger partial charge in [-0.3, -0.25) is 4.79 Å². The highest BCUT2D eigenvalue weighted by Crippen LogP contribution is 2.29. The third kappa shape index (κ3) is 4.73. The van der Waals surface area contributed by atoms with E-state index in [-0.39, 0.29) is 11.8 Å². The summed E-state index contributed by atoms with van der Waals surface area (Å²) in [7, 11) is 0. The van der Waals surface area contributed by atoms with Gasteiger partial charge in [0.25, 0.3) is 5.91 Å². The van der Waals surface area contributed by atoms with E-state index in [1.807, 2.05) is 46.1 Å². The molecular weight excluding hydrogens is 460 g/mol. The van der Waals surface area contributed by atoms with Crippen molar-refractivity contribution in [1.29, 1.82) is 0 Å². The molecule has 180 valence electrons. The first-order valence-electron chi connectivity index (χ1n) is 12.2. The molecule has 1 atom stereocenters. The molecule has 1 unspecified atom stereocenters. The number of hydrogen-bond acceptors (Lipinski definition) is 5. The first kappa shape index (κ1) is 23.3. The van der Waals surface area contributed by atoms with Crippen molar-refractivity contribution in [3.63, 3.8) is 0 Å². The van der Waals surface area contributed by atoms with Crippen LogP contribution >= 0.6 is 11.6 Å². The van der Waals surface area contributed by atoms with Gasteiger partial charge < -0.3 is 9.80 Å². The number of halogens is 1. The maximum Gasteiger partial charge on any atom is 0.253 e. The van der Waals surface area contributed by atoms with Gasteiger partial charge in [0.15, 0.2) is 5.65 Å². The van der Waals surface area contributed by atoms with Crippen LogP contribution in [0.1, 0.15) is 48.8 Å². The molecule has 0 spiro atoms. The second-order valence-corrected chi connectivity index (χ2v) is 9.42. The zero-order chi connectivity index (χ0) is 24.4. The lowest BCUT2D eigenvalue weighted by atomic mass is 10.1. The lowest BCUT2D eigenvalue weighted by Gasteiger charge is -2.24. The largest absolute Gasteiger partial charge is 0.354 e. The number of nitrogens with zero attached hydrogens (tertiary/aromatic N) is 6. The highest BCUT2D eigenvalue weighted by atomic mass is 35.5. The second kappa shape index (κ2) is 10.0. The van der Waals surface area contributed by atoms with Crippen LogP contribution in [0.4, 0.5) is 5.82 Å². The Kier molecular flexibility index (Phi) is 6.68. The number of aromatic nitrogens is 4. The van der Waals surface area contributed by atoms with Crippen molar-refractivity contribution < 1.29 is 4.79 Å². The molecule has 8 heteroatoms. The minimum atomic E-state index is 0.0357. The number of rotatable bonds is 5. The number of benzene rings is 2. The quantitative estimate of drug-likeness (QED) is 0.379. The summed E-state index contributed by atoms with van der Waals surface area (Å²) in [6.45, 7) is 7.14. The van der Waals surface area contributed by atoms with Crippen molar-refractivity contribution in [3.8, 4) is 5.69 Å². The molecule has 1 aliphatic heterocycles. The predicted octanol–water partition coefficient (Wildman–Crippen LogP) is 5.33. The summed E-state index contributed by atoms with van der Waals surface area (Å²) >= 11 is 6.00. The summed E-state index contributed by atoms with van der Waals surface area (Å²) in [6.07, 6.45) is 3.67. The van der Waals surface area contributed by atoms with Gasteiger partial charge in [0.2, 0.25) is 0 Å². The third-order valence-electron chi connectivity index (χ3n) is 6.65. The molecule has 2 aromatic carbocycles. The lowest BCUT2D eigenvalue weighted by Crippen LogP contribution is -2.35. The molecule has 1 amide bonds. The van der Waals surface area contributed by atoms with Crippen LogP contribution in [-0.4, -0.2) is 56.7 Å². The Morgan fingerprint density at radius 2 is 1.77 bits per heavy atom. The molecule has 0 aliphatic carbocycles. The third-order valence-corrected chi connectivity index (χ3v) is 6.91. The number of carbonyl (C=O) groups excluding carboxylic acids is 1. The summed E-state index contributed by atoms with van der Waals surface area (Å²) in [5.74, 6) is 1.99. The molecule has 5 rings (SSSR count). The van der Waals surface area contributed by atoms with E-state index in [0.29, 0.717) is 30.2 Å². The van der Waals surface area contributed by atoms with Crippen molar-refractivity contribution in [2.45, 2.75) is 32.6 Å². The number of fused-ring (bicyclic) bond motifs is 1. The molecule has 1 aliphatic rings. The van der Waals surface area contributed by atoms with Gasteiger partial charge >= 0.3 is 0 Å². The Hall–Kier alpha value is -3.45. The maximum atomic E-state index is 13.1. The van der Waals surface area contributed by atoms with Crippen molar-refractivity contribution in [1.82, 2.24) is 24.6 Å². The molecule has 7 nitrogen and oxygen atoms in total. The highest BCUT2D eigenvalue weighted by molar-refractivity contribution is 6.30. The molecule has 0 N–H and O–H groups in total. The number of amides is 1. The van der Waals surface area contributed by atoms with Crippen molar-refractivity contribution in [2.75, 3.05) is 31.1 Å². The van der Waals surface area contributed by atoms with Gasteiger partial charge in [0, 0.05) is 42.7 Å². The molecule has 35 heavy (non-hydrogen) atoms. The zero-order valence-corrected chi connectivity index (χ0v) is 20.8. The van der Waals surface area contributed by atoms with E-state index >= 15 is 0 Å². The van der Waals surface area contributed by atoms with E-state index in [1.54, 1.807) is 24.3 Å². The maximum absolute atomic E-state index is 13.1. The first-order valence-corrected chi connectivity index (χ1v) is 12.5. The molecular formula is C27H29ClN6O. The number of carbonyl (C=O) groups is 1. The van der Waals surface area contributed by atoms with E-state index < -0.39 is 0 Å². The van der Waals surface area contributed by atoms with Gasteiger partial charge in [-0.2, -0.15) is 5.10 Å². The average Bonchev–Trinajstić information content (AvgIpc) is 3.17. The van der Waals surface area contributed by atoms with Crippen LogP contribution < -0.4 is 4.90 Å². The fourth-order valence-electron chi connectivity index (χ4n) is 4.42. The van der Waals surface area contributed by atoms with Crippen LogP contribution in [0.3, 0.4) is 0 Å². The van der Waals surface area contributed by atoms with E-state index in [0.717, 1.165) is 47.7 Å². The van der Waals surface area contributed by atoms with E-state index in [4.69, 9.17) is 21.6 Å². The molecule has 3 heterocycles. The van der Waals surface area contributed by atoms with E-state index in [9.17, 15) is 4.79 Å². The normalized spacial score (nSPS) is 15.3. The van der Waals surface area contributed by atoms with Gasteiger partial charge in [0.1, 0.15) is 11.6 Å². The van der Waals surface area contributed by atoms with Crippen LogP contribution in [-0.2, 0) is 0 Å². The molecule has 0 saturated carbocycles. The number of hydrogen-bond donors (Lipinski definition) is 0. The molecule has 1 fully saturated rings. The van der Waals surface area contributed by atoms with E-state index in [2.05, 4.69) is 23.8 Å². The topological polar surface area (TPSA) is 67.2 Å². The summed E-state index contributed by atoms with van der Waals surface area (Å²) in [4.78, 5) is 27.3. The van der Waals surface area contributed by atoms with Crippen LogP contribution in [0.2, 0.25) is 5.02 Å². The number of para-hydroxylation sites is 1. The van der Waals surface area contributed by atoms with Gasteiger partial charge in [-0.15, -0.1) is 0 Å². The fraction of sp³-hybridized carbons (Fsp3) is 0.333. The first-order chi connectivity index (χ1) is 17.0. The average molecular weight is 489 g/mol. The Labute approximate surface area is 210 Å². The summed E-state index contributed by atoms with van der Waals surface area (Å²) in [5, 5.41) is 6.23. The highest BCUT2D eigenvalue weighted by Gasteiger charge is 2.25. The number of anilines is 1. The van der Waals surface area contributed by atoms with Crippen LogP contribution in [0.15, 0.2) is 60.8 Å². The Morgan fingerprint density at radius 3 is 2.51 bits per heavy atom. The molecule has 0 radical (unpaired) electrons. The van der Waals surface area contributed by atoms with Crippen molar-refractivity contribution in [3.05, 3.63) is 77.2 Å². The summed E-state index contributed by atoms with van der Waals surface area (Å²) in [5.41, 5.74) is 2.45. The Bertz CT molecular complexity index is 1320. The van der Waals surface area contributed by atoms with Gasteiger partial charge in [-0.25, -0.2) is 14.6 Å². The fourth-order valence-corrected chi connectivity index (χ4v) is 4.55. The second-order valence-electron chi connectivity index (χ2n) is 8.98. The smallest absolute Gasteiger partial charge is 0.253 e. The SMILES string of the molecule is CCC(C)c1nc(N2CCCN(C(=O)c3ccc(Cl)cc3)CC2)c2cnn(-c3ccccc3)c2n1. The van der Waals surface area contributed by atoms with Gasteiger partial charge in [-0.05, 0) is 49.2 Å². The Balaban J connectivity index is 1.47. The molecule has 0 bridgehead atoms.